The van der Waals surface area contributed by atoms with Crippen LogP contribution in [0, 0.1) is 0 Å². The minimum absolute atomic E-state index is 0.200. The molecule has 3 heteroatoms. The summed E-state index contributed by atoms with van der Waals surface area (Å²) in [5.41, 5.74) is 0. The Morgan fingerprint density at radius 2 is 2.55 bits per heavy atom. The lowest BCUT2D eigenvalue weighted by Crippen LogP contribution is -2.27. The fraction of sp³-hybridized carbons (Fsp3) is 0.625. The van der Waals surface area contributed by atoms with Crippen LogP contribution in [0.2, 0.25) is 0 Å². The number of hydrogen-bond donors (Lipinski definition) is 0. The fourth-order valence-electron chi connectivity index (χ4n) is 1.49. The van der Waals surface area contributed by atoms with Gasteiger partial charge in [0.15, 0.2) is 0 Å². The zero-order valence-electron chi connectivity index (χ0n) is 6.37. The molecule has 0 aromatic heterocycles. The predicted molar refractivity (Wildman–Crippen MR) is 37.7 cm³/mol. The maximum Gasteiger partial charge on any atom is 0.333 e. The molecule has 1 fully saturated rings. The van der Waals surface area contributed by atoms with Crippen molar-refractivity contribution in [3.05, 3.63) is 12.2 Å². The Hall–Kier alpha value is -0.830. The van der Waals surface area contributed by atoms with Crippen molar-refractivity contribution in [2.45, 2.75) is 31.7 Å². The molecule has 1 saturated heterocycles. The van der Waals surface area contributed by atoms with Crippen molar-refractivity contribution in [2.24, 2.45) is 0 Å². The van der Waals surface area contributed by atoms with Crippen LogP contribution in [0.25, 0.3) is 0 Å². The van der Waals surface area contributed by atoms with Crippen molar-refractivity contribution in [1.82, 2.24) is 0 Å². The van der Waals surface area contributed by atoms with E-state index in [1.165, 1.54) is 6.08 Å². The highest BCUT2D eigenvalue weighted by atomic mass is 16.7. The Bertz CT molecular complexity index is 221. The lowest BCUT2D eigenvalue weighted by atomic mass is 10.1. The molecule has 11 heavy (non-hydrogen) atoms. The van der Waals surface area contributed by atoms with Crippen LogP contribution in [0.1, 0.15) is 19.8 Å². The number of hydrogen-bond acceptors (Lipinski definition) is 3. The monoisotopic (exact) mass is 154 g/mol. The van der Waals surface area contributed by atoms with Gasteiger partial charge in [-0.05, 0) is 19.4 Å². The van der Waals surface area contributed by atoms with E-state index >= 15 is 0 Å². The number of esters is 1. The summed E-state index contributed by atoms with van der Waals surface area (Å²) in [4.78, 5) is 10.7. The van der Waals surface area contributed by atoms with E-state index in [9.17, 15) is 4.79 Å². The van der Waals surface area contributed by atoms with Crippen LogP contribution in [0.4, 0.5) is 0 Å². The van der Waals surface area contributed by atoms with Crippen LogP contribution in [-0.4, -0.2) is 17.9 Å². The number of carbonyl (C=O) groups is 1. The van der Waals surface area contributed by atoms with E-state index in [2.05, 4.69) is 0 Å². The molecule has 0 bridgehead atoms. The molecule has 0 amide bonds. The summed E-state index contributed by atoms with van der Waals surface area (Å²) in [5, 5.41) is 0. The smallest absolute Gasteiger partial charge is 0.333 e. The summed E-state index contributed by atoms with van der Waals surface area (Å²) in [7, 11) is 0. The molecule has 0 N–H and O–H groups in total. The van der Waals surface area contributed by atoms with Gasteiger partial charge in [0.1, 0.15) is 0 Å². The van der Waals surface area contributed by atoms with Gasteiger partial charge in [-0.2, -0.15) is 0 Å². The van der Waals surface area contributed by atoms with Gasteiger partial charge in [0.25, 0.3) is 0 Å². The molecule has 0 aromatic rings. The lowest BCUT2D eigenvalue weighted by Gasteiger charge is -2.19. The average molecular weight is 154 g/mol. The topological polar surface area (TPSA) is 35.5 Å². The lowest BCUT2D eigenvalue weighted by molar-refractivity contribution is -0.189. The molecule has 1 spiro atoms. The van der Waals surface area contributed by atoms with E-state index in [0.717, 1.165) is 12.8 Å². The van der Waals surface area contributed by atoms with Crippen LogP contribution < -0.4 is 0 Å². The minimum Gasteiger partial charge on any atom is -0.426 e. The molecule has 2 aliphatic rings. The molecular formula is C8H10O3. The SMILES string of the molecule is CC1CC[C@@]2(C=CC(=O)O2)O1. The largest absolute Gasteiger partial charge is 0.426 e. The van der Waals surface area contributed by atoms with E-state index < -0.39 is 5.79 Å². The van der Waals surface area contributed by atoms with Gasteiger partial charge >= 0.3 is 5.97 Å². The molecule has 0 radical (unpaired) electrons. The Morgan fingerprint density at radius 3 is 3.00 bits per heavy atom. The second-order valence-corrected chi connectivity index (χ2v) is 3.03. The van der Waals surface area contributed by atoms with Gasteiger partial charge in [-0.1, -0.05) is 0 Å². The van der Waals surface area contributed by atoms with Crippen LogP contribution in [0.15, 0.2) is 12.2 Å². The van der Waals surface area contributed by atoms with E-state index in [1.54, 1.807) is 6.08 Å². The third-order valence-corrected chi connectivity index (χ3v) is 2.05. The number of carbonyl (C=O) groups excluding carboxylic acids is 1. The molecule has 0 saturated carbocycles. The standard InChI is InChI=1S/C8H10O3/c1-6-2-4-8(10-6)5-3-7(9)11-8/h3,5-6H,2,4H2,1H3/t6?,8-/m1/s1. The molecule has 1 unspecified atom stereocenters. The highest BCUT2D eigenvalue weighted by Crippen LogP contribution is 2.35. The average Bonchev–Trinajstić information content (AvgIpc) is 2.44. The first-order valence-electron chi connectivity index (χ1n) is 3.80. The van der Waals surface area contributed by atoms with E-state index in [1.807, 2.05) is 6.92 Å². The first-order chi connectivity index (χ1) is 5.20. The van der Waals surface area contributed by atoms with Crippen LogP contribution in [0.5, 0.6) is 0 Å². The summed E-state index contributed by atoms with van der Waals surface area (Å²) >= 11 is 0. The molecule has 2 aliphatic heterocycles. The van der Waals surface area contributed by atoms with Crippen molar-refractivity contribution in [3.8, 4) is 0 Å². The second kappa shape index (κ2) is 2.08. The van der Waals surface area contributed by atoms with Gasteiger partial charge in [0, 0.05) is 12.5 Å². The van der Waals surface area contributed by atoms with E-state index in [-0.39, 0.29) is 12.1 Å². The summed E-state index contributed by atoms with van der Waals surface area (Å²) in [5.74, 6) is -0.990. The summed E-state index contributed by atoms with van der Waals surface area (Å²) < 4.78 is 10.5. The maximum absolute atomic E-state index is 10.7. The predicted octanol–water partition coefficient (Wildman–Crippen LogP) is 0.995. The normalized spacial score (nSPS) is 41.9. The van der Waals surface area contributed by atoms with Gasteiger partial charge in [-0.15, -0.1) is 0 Å². The highest BCUT2D eigenvalue weighted by molar-refractivity contribution is 5.84. The first kappa shape index (κ1) is 6.85. The Kier molecular flexibility index (Phi) is 1.29. The molecule has 2 atom stereocenters. The molecule has 0 aliphatic carbocycles. The minimum atomic E-state index is -0.698. The molecular weight excluding hydrogens is 144 g/mol. The zero-order chi connectivity index (χ0) is 7.90. The molecule has 2 rings (SSSR count). The van der Waals surface area contributed by atoms with Crippen LogP contribution in [0.3, 0.4) is 0 Å². The van der Waals surface area contributed by atoms with E-state index in [0.29, 0.717) is 0 Å². The van der Waals surface area contributed by atoms with Crippen molar-refractivity contribution >= 4 is 5.97 Å². The van der Waals surface area contributed by atoms with Gasteiger partial charge in [-0.3, -0.25) is 0 Å². The van der Waals surface area contributed by atoms with E-state index in [4.69, 9.17) is 9.47 Å². The number of ether oxygens (including phenoxy) is 2. The highest BCUT2D eigenvalue weighted by Gasteiger charge is 2.42. The quantitative estimate of drug-likeness (QED) is 0.488. The third kappa shape index (κ3) is 1.05. The molecule has 3 nitrogen and oxygen atoms in total. The van der Waals surface area contributed by atoms with Gasteiger partial charge in [0.2, 0.25) is 5.79 Å². The Labute approximate surface area is 65.0 Å². The summed E-state index contributed by atoms with van der Waals surface area (Å²) in [6.45, 7) is 1.98. The van der Waals surface area contributed by atoms with Crippen molar-refractivity contribution in [3.63, 3.8) is 0 Å². The van der Waals surface area contributed by atoms with Crippen molar-refractivity contribution < 1.29 is 14.3 Å². The summed E-state index contributed by atoms with van der Waals surface area (Å²) in [6, 6.07) is 0. The van der Waals surface area contributed by atoms with Crippen LogP contribution >= 0.6 is 0 Å². The summed E-state index contributed by atoms with van der Waals surface area (Å²) in [6.07, 6.45) is 5.08. The van der Waals surface area contributed by atoms with Crippen molar-refractivity contribution in [1.29, 1.82) is 0 Å². The first-order valence-corrected chi connectivity index (χ1v) is 3.80. The van der Waals surface area contributed by atoms with Gasteiger partial charge < -0.3 is 9.47 Å². The van der Waals surface area contributed by atoms with Crippen LogP contribution in [-0.2, 0) is 14.3 Å². The number of rotatable bonds is 0. The molecule has 2 heterocycles. The van der Waals surface area contributed by atoms with Gasteiger partial charge in [0.05, 0.1) is 6.10 Å². The third-order valence-electron chi connectivity index (χ3n) is 2.05. The zero-order valence-corrected chi connectivity index (χ0v) is 6.37. The van der Waals surface area contributed by atoms with Crippen molar-refractivity contribution in [2.75, 3.05) is 0 Å². The molecule has 0 aromatic carbocycles. The Morgan fingerprint density at radius 1 is 1.73 bits per heavy atom. The fourth-order valence-corrected chi connectivity index (χ4v) is 1.49. The maximum atomic E-state index is 10.7. The molecule has 60 valence electrons. The van der Waals surface area contributed by atoms with Gasteiger partial charge in [-0.25, -0.2) is 4.79 Å². The second-order valence-electron chi connectivity index (χ2n) is 3.03. The Balaban J connectivity index is 2.14.